The fraction of sp³-hybridized carbons (Fsp3) is 0.800. The number of hydrogen-bond acceptors (Lipinski definition) is 2. The van der Waals surface area contributed by atoms with Crippen molar-refractivity contribution in [3.8, 4) is 0 Å². The fourth-order valence-electron chi connectivity index (χ4n) is 0.625. The molecule has 0 bridgehead atoms. The van der Waals surface area contributed by atoms with Crippen LogP contribution in [0.3, 0.4) is 0 Å². The normalized spacial score (nSPS) is 20.1. The zero-order valence-electron chi connectivity index (χ0n) is 4.48. The van der Waals surface area contributed by atoms with Gasteiger partial charge in [0.05, 0.1) is 0 Å². The first-order valence-corrected chi connectivity index (χ1v) is 2.64. The van der Waals surface area contributed by atoms with Crippen molar-refractivity contribution in [3.05, 3.63) is 0 Å². The standard InChI is InChI=1S/C5H8FNO/c6-1-5(8)4-2-7-3-4/h4,7H,1-3H2. The second-order valence-corrected chi connectivity index (χ2v) is 1.96. The molecule has 0 spiro atoms. The second kappa shape index (κ2) is 2.22. The summed E-state index contributed by atoms with van der Waals surface area (Å²) in [6, 6.07) is 0. The van der Waals surface area contributed by atoms with Gasteiger partial charge in [-0.3, -0.25) is 4.79 Å². The summed E-state index contributed by atoms with van der Waals surface area (Å²) < 4.78 is 11.5. The van der Waals surface area contributed by atoms with Crippen LogP contribution in [-0.4, -0.2) is 25.5 Å². The summed E-state index contributed by atoms with van der Waals surface area (Å²) in [6.07, 6.45) is 0. The van der Waals surface area contributed by atoms with Crippen LogP contribution in [-0.2, 0) is 4.79 Å². The van der Waals surface area contributed by atoms with Gasteiger partial charge in [-0.25, -0.2) is 4.39 Å². The quantitative estimate of drug-likeness (QED) is 0.540. The molecule has 0 radical (unpaired) electrons. The average Bonchev–Trinajstić information content (AvgIpc) is 1.62. The maximum absolute atomic E-state index is 11.5. The molecule has 0 saturated carbocycles. The average molecular weight is 117 g/mol. The van der Waals surface area contributed by atoms with Gasteiger partial charge >= 0.3 is 0 Å². The predicted molar refractivity (Wildman–Crippen MR) is 27.3 cm³/mol. The summed E-state index contributed by atoms with van der Waals surface area (Å²) in [7, 11) is 0. The molecule has 0 amide bonds. The van der Waals surface area contributed by atoms with Crippen molar-refractivity contribution in [1.29, 1.82) is 0 Å². The minimum atomic E-state index is -0.799. The van der Waals surface area contributed by atoms with Gasteiger partial charge in [-0.2, -0.15) is 0 Å². The molecule has 1 saturated heterocycles. The highest BCUT2D eigenvalue weighted by molar-refractivity contribution is 5.83. The van der Waals surface area contributed by atoms with Gasteiger partial charge in [0.2, 0.25) is 0 Å². The van der Waals surface area contributed by atoms with Gasteiger partial charge in [-0.05, 0) is 0 Å². The van der Waals surface area contributed by atoms with Crippen LogP contribution in [0, 0.1) is 5.92 Å². The van der Waals surface area contributed by atoms with E-state index >= 15 is 0 Å². The lowest BCUT2D eigenvalue weighted by molar-refractivity contribution is -0.125. The largest absolute Gasteiger partial charge is 0.315 e. The van der Waals surface area contributed by atoms with E-state index in [1.54, 1.807) is 0 Å². The van der Waals surface area contributed by atoms with Gasteiger partial charge < -0.3 is 5.32 Å². The lowest BCUT2D eigenvalue weighted by atomic mass is 9.99. The summed E-state index contributed by atoms with van der Waals surface area (Å²) in [5.74, 6) is -0.288. The molecule has 0 atom stereocenters. The van der Waals surface area contributed by atoms with Crippen molar-refractivity contribution < 1.29 is 9.18 Å². The molecule has 0 aromatic carbocycles. The van der Waals surface area contributed by atoms with Gasteiger partial charge in [-0.15, -0.1) is 0 Å². The maximum Gasteiger partial charge on any atom is 0.169 e. The van der Waals surface area contributed by atoms with Crippen molar-refractivity contribution in [1.82, 2.24) is 5.32 Å². The Labute approximate surface area is 47.1 Å². The third-order valence-corrected chi connectivity index (χ3v) is 1.37. The number of Topliss-reactive ketones (excluding diaryl/α,β-unsaturated/α-hetero) is 1. The van der Waals surface area contributed by atoms with E-state index in [2.05, 4.69) is 5.32 Å². The molecule has 1 rings (SSSR count). The van der Waals surface area contributed by atoms with Gasteiger partial charge in [0.1, 0.15) is 6.67 Å². The molecule has 0 aromatic rings. The van der Waals surface area contributed by atoms with E-state index in [0.717, 1.165) is 0 Å². The van der Waals surface area contributed by atoms with Crippen LogP contribution in [0.5, 0.6) is 0 Å². The number of carbonyl (C=O) groups is 1. The topological polar surface area (TPSA) is 29.1 Å². The van der Waals surface area contributed by atoms with E-state index in [1.165, 1.54) is 0 Å². The summed E-state index contributed by atoms with van der Waals surface area (Å²) in [5.41, 5.74) is 0. The minimum absolute atomic E-state index is 0.0278. The van der Waals surface area contributed by atoms with Crippen LogP contribution >= 0.6 is 0 Å². The van der Waals surface area contributed by atoms with E-state index in [9.17, 15) is 9.18 Å². The van der Waals surface area contributed by atoms with Crippen LogP contribution < -0.4 is 5.32 Å². The molecule has 0 aromatic heterocycles. The van der Waals surface area contributed by atoms with Gasteiger partial charge in [-0.1, -0.05) is 0 Å². The number of hydrogen-bond donors (Lipinski definition) is 1. The molecule has 46 valence electrons. The molecular formula is C5H8FNO. The molecule has 0 aliphatic carbocycles. The molecule has 2 nitrogen and oxygen atoms in total. The predicted octanol–water partition coefficient (Wildman–Crippen LogP) is -0.256. The van der Waals surface area contributed by atoms with E-state index in [-0.39, 0.29) is 11.7 Å². The maximum atomic E-state index is 11.5. The Bertz CT molecular complexity index is 101. The SMILES string of the molecule is O=C(CF)C1CNC1. The number of nitrogens with one attached hydrogen (secondary N) is 1. The first kappa shape index (κ1) is 5.69. The number of ketones is 1. The molecule has 1 heterocycles. The van der Waals surface area contributed by atoms with Gasteiger partial charge in [0.15, 0.2) is 5.78 Å². The third kappa shape index (κ3) is 0.865. The van der Waals surface area contributed by atoms with E-state index in [0.29, 0.717) is 13.1 Å². The molecule has 8 heavy (non-hydrogen) atoms. The Balaban J connectivity index is 2.24. The lowest BCUT2D eigenvalue weighted by Gasteiger charge is -2.24. The zero-order valence-corrected chi connectivity index (χ0v) is 4.48. The van der Waals surface area contributed by atoms with E-state index in [1.807, 2.05) is 0 Å². The van der Waals surface area contributed by atoms with Crippen molar-refractivity contribution in [2.24, 2.45) is 5.92 Å². The summed E-state index contributed by atoms with van der Waals surface area (Å²) in [4.78, 5) is 10.4. The van der Waals surface area contributed by atoms with E-state index in [4.69, 9.17) is 0 Å². The molecule has 1 aliphatic rings. The molecule has 0 unspecified atom stereocenters. The summed E-state index contributed by atoms with van der Waals surface area (Å²) in [6.45, 7) is 0.540. The number of carbonyl (C=O) groups excluding carboxylic acids is 1. The Kier molecular flexibility index (Phi) is 1.58. The second-order valence-electron chi connectivity index (χ2n) is 1.96. The van der Waals surface area contributed by atoms with Crippen molar-refractivity contribution >= 4 is 5.78 Å². The third-order valence-electron chi connectivity index (χ3n) is 1.37. The Morgan fingerprint density at radius 3 is 2.50 bits per heavy atom. The molecular weight excluding hydrogens is 109 g/mol. The van der Waals surface area contributed by atoms with Gasteiger partial charge in [0.25, 0.3) is 0 Å². The first-order valence-electron chi connectivity index (χ1n) is 2.64. The van der Waals surface area contributed by atoms with Crippen LogP contribution in [0.15, 0.2) is 0 Å². The van der Waals surface area contributed by atoms with Crippen molar-refractivity contribution in [2.45, 2.75) is 0 Å². The van der Waals surface area contributed by atoms with Crippen LogP contribution in [0.25, 0.3) is 0 Å². The highest BCUT2D eigenvalue weighted by Gasteiger charge is 2.23. The Morgan fingerprint density at radius 2 is 2.38 bits per heavy atom. The number of rotatable bonds is 2. The van der Waals surface area contributed by atoms with Crippen molar-refractivity contribution in [2.75, 3.05) is 19.8 Å². The number of alkyl halides is 1. The van der Waals surface area contributed by atoms with Crippen LogP contribution in [0.4, 0.5) is 4.39 Å². The minimum Gasteiger partial charge on any atom is -0.315 e. The molecule has 1 fully saturated rings. The number of halogens is 1. The molecule has 1 aliphatic heterocycles. The summed E-state index contributed by atoms with van der Waals surface area (Å²) in [5, 5.41) is 2.89. The highest BCUT2D eigenvalue weighted by Crippen LogP contribution is 2.03. The van der Waals surface area contributed by atoms with Gasteiger partial charge in [0, 0.05) is 19.0 Å². The van der Waals surface area contributed by atoms with Crippen molar-refractivity contribution in [3.63, 3.8) is 0 Å². The Morgan fingerprint density at radius 1 is 1.75 bits per heavy atom. The zero-order chi connectivity index (χ0) is 5.98. The summed E-state index contributed by atoms with van der Waals surface area (Å²) >= 11 is 0. The van der Waals surface area contributed by atoms with Crippen LogP contribution in [0.1, 0.15) is 0 Å². The smallest absolute Gasteiger partial charge is 0.169 e. The monoisotopic (exact) mass is 117 g/mol. The fourth-order valence-corrected chi connectivity index (χ4v) is 0.625. The van der Waals surface area contributed by atoms with Crippen LogP contribution in [0.2, 0.25) is 0 Å². The van der Waals surface area contributed by atoms with E-state index < -0.39 is 6.67 Å². The highest BCUT2D eigenvalue weighted by atomic mass is 19.1. The Hall–Kier alpha value is -0.440. The molecule has 1 N–H and O–H groups in total. The molecule has 3 heteroatoms. The lowest BCUT2D eigenvalue weighted by Crippen LogP contribution is -2.47. The first-order chi connectivity index (χ1) is 3.84.